The molecule has 2 aromatic heterocycles. The summed E-state index contributed by atoms with van der Waals surface area (Å²) in [6.07, 6.45) is 6.85. The Labute approximate surface area is 152 Å². The molecule has 1 amide bonds. The quantitative estimate of drug-likeness (QED) is 0.878. The Balaban J connectivity index is 0.00000208. The first-order valence-electron chi connectivity index (χ1n) is 8.06. The lowest BCUT2D eigenvalue weighted by molar-refractivity contribution is 0.0789. The molecule has 0 aromatic carbocycles. The Kier molecular flexibility index (Phi) is 6.77. The third kappa shape index (κ3) is 4.55. The summed E-state index contributed by atoms with van der Waals surface area (Å²) in [6, 6.07) is 2.18. The van der Waals surface area contributed by atoms with Gasteiger partial charge in [0.2, 0.25) is 0 Å². The van der Waals surface area contributed by atoms with Crippen molar-refractivity contribution in [3.63, 3.8) is 0 Å². The van der Waals surface area contributed by atoms with E-state index in [1.165, 1.54) is 4.88 Å². The topological polar surface area (TPSA) is 63.1 Å². The Morgan fingerprint density at radius 1 is 1.54 bits per heavy atom. The lowest BCUT2D eigenvalue weighted by atomic mass is 10.1. The number of piperidine rings is 1. The Bertz CT molecular complexity index is 665. The van der Waals surface area contributed by atoms with Crippen molar-refractivity contribution in [2.45, 2.75) is 32.2 Å². The molecule has 3 heterocycles. The predicted molar refractivity (Wildman–Crippen MR) is 98.1 cm³/mol. The first-order valence-corrected chi connectivity index (χ1v) is 8.88. The van der Waals surface area contributed by atoms with Crippen molar-refractivity contribution < 1.29 is 4.79 Å². The highest BCUT2D eigenvalue weighted by Gasteiger charge is 2.19. The summed E-state index contributed by atoms with van der Waals surface area (Å²) in [5.74, 6) is -0.0270. The lowest BCUT2D eigenvalue weighted by Gasteiger charge is -2.23. The van der Waals surface area contributed by atoms with E-state index in [4.69, 9.17) is 0 Å². The first-order chi connectivity index (χ1) is 11.1. The van der Waals surface area contributed by atoms with Gasteiger partial charge in [0.1, 0.15) is 5.69 Å². The first kappa shape index (κ1) is 18.9. The molecule has 0 spiro atoms. The molecule has 1 atom stereocenters. The van der Waals surface area contributed by atoms with E-state index >= 15 is 0 Å². The van der Waals surface area contributed by atoms with Crippen LogP contribution in [0.4, 0.5) is 0 Å². The fourth-order valence-electron chi connectivity index (χ4n) is 2.79. The fraction of sp³-hybridized carbons (Fsp3) is 0.562. The van der Waals surface area contributed by atoms with E-state index in [9.17, 15) is 4.79 Å². The normalized spacial score (nSPS) is 17.3. The molecule has 1 aliphatic rings. The van der Waals surface area contributed by atoms with Crippen molar-refractivity contribution in [1.82, 2.24) is 25.0 Å². The maximum absolute atomic E-state index is 12.5. The van der Waals surface area contributed by atoms with Gasteiger partial charge in [0.15, 0.2) is 0 Å². The van der Waals surface area contributed by atoms with Crippen LogP contribution in [-0.4, -0.2) is 52.3 Å². The van der Waals surface area contributed by atoms with Gasteiger partial charge in [-0.15, -0.1) is 23.7 Å². The Morgan fingerprint density at radius 3 is 3.04 bits per heavy atom. The zero-order chi connectivity index (χ0) is 16.2. The van der Waals surface area contributed by atoms with Gasteiger partial charge in [-0.05, 0) is 32.4 Å². The van der Waals surface area contributed by atoms with E-state index in [2.05, 4.69) is 15.4 Å². The number of rotatable bonds is 5. The molecule has 0 bridgehead atoms. The number of hydrogen-bond donors (Lipinski definition) is 1. The van der Waals surface area contributed by atoms with Crippen LogP contribution in [0.15, 0.2) is 18.5 Å². The minimum atomic E-state index is -0.0270. The lowest BCUT2D eigenvalue weighted by Crippen LogP contribution is -2.32. The largest absolute Gasteiger partial charge is 0.340 e. The molecule has 0 radical (unpaired) electrons. The van der Waals surface area contributed by atoms with Gasteiger partial charge in [0, 0.05) is 43.8 Å². The molecule has 6 nitrogen and oxygen atoms in total. The van der Waals surface area contributed by atoms with E-state index in [-0.39, 0.29) is 18.3 Å². The van der Waals surface area contributed by atoms with Crippen LogP contribution in [0, 0.1) is 6.92 Å². The van der Waals surface area contributed by atoms with Crippen LogP contribution >= 0.6 is 23.7 Å². The van der Waals surface area contributed by atoms with Crippen LogP contribution < -0.4 is 5.32 Å². The predicted octanol–water partition coefficient (Wildman–Crippen LogP) is 2.31. The summed E-state index contributed by atoms with van der Waals surface area (Å²) in [5, 5.41) is 8.93. The molecule has 1 saturated heterocycles. The molecular formula is C16H24ClN5OS. The smallest absolute Gasteiger partial charge is 0.274 e. The summed E-state index contributed by atoms with van der Waals surface area (Å²) in [5.41, 5.74) is 0.522. The zero-order valence-corrected chi connectivity index (χ0v) is 15.7. The molecule has 0 saturated carbocycles. The van der Waals surface area contributed by atoms with Crippen LogP contribution in [0.5, 0.6) is 0 Å². The van der Waals surface area contributed by atoms with Crippen LogP contribution in [0.3, 0.4) is 0 Å². The summed E-state index contributed by atoms with van der Waals surface area (Å²) in [6.45, 7) is 4.70. The number of carbonyl (C=O) groups is 1. The van der Waals surface area contributed by atoms with Crippen LogP contribution in [0.1, 0.15) is 39.3 Å². The maximum Gasteiger partial charge on any atom is 0.274 e. The number of thiazole rings is 1. The minimum absolute atomic E-state index is 0. The third-order valence-electron chi connectivity index (χ3n) is 4.15. The van der Waals surface area contributed by atoms with Crippen LogP contribution in [0.2, 0.25) is 0 Å². The standard InChI is InChI=1S/C16H23N5OS.ClH/c1-12-10-18-15(23-12)6-8-20(2)16(22)14-5-9-21(19-14)13-4-3-7-17-11-13;/h5,9-10,13,17H,3-4,6-8,11H2,1-2H3;1H. The van der Waals surface area contributed by atoms with Gasteiger partial charge in [0.25, 0.3) is 5.91 Å². The van der Waals surface area contributed by atoms with Gasteiger partial charge < -0.3 is 10.2 Å². The number of carbonyl (C=O) groups excluding carboxylic acids is 1. The third-order valence-corrected chi connectivity index (χ3v) is 5.12. The molecule has 132 valence electrons. The van der Waals surface area contributed by atoms with Crippen LogP contribution in [0.25, 0.3) is 0 Å². The SMILES string of the molecule is Cc1cnc(CCN(C)C(=O)c2ccn(C3CCCNC3)n2)s1.Cl. The highest BCUT2D eigenvalue weighted by Crippen LogP contribution is 2.16. The Morgan fingerprint density at radius 2 is 2.38 bits per heavy atom. The van der Waals surface area contributed by atoms with E-state index in [0.717, 1.165) is 37.4 Å². The van der Waals surface area contributed by atoms with Gasteiger partial charge in [0.05, 0.1) is 11.0 Å². The van der Waals surface area contributed by atoms with E-state index < -0.39 is 0 Å². The number of likely N-dealkylation sites (N-methyl/N-ethyl adjacent to an activating group) is 1. The van der Waals surface area contributed by atoms with Crippen molar-refractivity contribution in [2.75, 3.05) is 26.7 Å². The summed E-state index contributed by atoms with van der Waals surface area (Å²) in [7, 11) is 1.82. The molecule has 2 aromatic rings. The minimum Gasteiger partial charge on any atom is -0.340 e. The second-order valence-corrected chi connectivity index (χ2v) is 7.34. The molecule has 8 heteroatoms. The Hall–Kier alpha value is -1.44. The molecule has 3 rings (SSSR count). The number of amides is 1. The molecule has 24 heavy (non-hydrogen) atoms. The van der Waals surface area contributed by atoms with Crippen molar-refractivity contribution in [2.24, 2.45) is 0 Å². The van der Waals surface area contributed by atoms with Crippen molar-refractivity contribution in [3.05, 3.63) is 34.0 Å². The van der Waals surface area contributed by atoms with E-state index in [0.29, 0.717) is 18.3 Å². The average molecular weight is 370 g/mol. The molecule has 1 aliphatic heterocycles. The number of hydrogen-bond acceptors (Lipinski definition) is 5. The second kappa shape index (κ2) is 8.60. The zero-order valence-electron chi connectivity index (χ0n) is 14.1. The number of halogens is 1. The van der Waals surface area contributed by atoms with Gasteiger partial charge in [-0.2, -0.15) is 5.10 Å². The number of aromatic nitrogens is 3. The van der Waals surface area contributed by atoms with Crippen molar-refractivity contribution in [1.29, 1.82) is 0 Å². The highest BCUT2D eigenvalue weighted by atomic mass is 35.5. The average Bonchev–Trinajstić information content (AvgIpc) is 3.22. The molecule has 1 unspecified atom stereocenters. The van der Waals surface area contributed by atoms with Gasteiger partial charge in [-0.3, -0.25) is 9.48 Å². The second-order valence-electron chi connectivity index (χ2n) is 6.02. The molecular weight excluding hydrogens is 346 g/mol. The fourth-order valence-corrected chi connectivity index (χ4v) is 3.57. The monoisotopic (exact) mass is 369 g/mol. The summed E-state index contributed by atoms with van der Waals surface area (Å²) in [4.78, 5) is 19.8. The maximum atomic E-state index is 12.5. The molecule has 0 aliphatic carbocycles. The van der Waals surface area contributed by atoms with Crippen molar-refractivity contribution >= 4 is 29.7 Å². The number of nitrogens with zero attached hydrogens (tertiary/aromatic N) is 4. The summed E-state index contributed by atoms with van der Waals surface area (Å²) >= 11 is 1.68. The van der Waals surface area contributed by atoms with E-state index in [1.54, 1.807) is 16.2 Å². The number of aryl methyl sites for hydroxylation is 1. The number of nitrogens with one attached hydrogen (secondary N) is 1. The molecule has 1 N–H and O–H groups in total. The highest BCUT2D eigenvalue weighted by molar-refractivity contribution is 7.11. The van der Waals surface area contributed by atoms with Gasteiger partial charge >= 0.3 is 0 Å². The molecule has 1 fully saturated rings. The van der Waals surface area contributed by atoms with Gasteiger partial charge in [-0.1, -0.05) is 0 Å². The van der Waals surface area contributed by atoms with Gasteiger partial charge in [-0.25, -0.2) is 4.98 Å². The summed E-state index contributed by atoms with van der Waals surface area (Å²) < 4.78 is 1.93. The van der Waals surface area contributed by atoms with Crippen molar-refractivity contribution in [3.8, 4) is 0 Å². The van der Waals surface area contributed by atoms with Crippen LogP contribution in [-0.2, 0) is 6.42 Å². The van der Waals surface area contributed by atoms with E-state index in [1.807, 2.05) is 37.1 Å².